The molecule has 14 heavy (non-hydrogen) atoms. The summed E-state index contributed by atoms with van der Waals surface area (Å²) in [6, 6.07) is 0. The number of aliphatic hydroxyl groups is 1. The molecule has 0 aromatic heterocycles. The van der Waals surface area contributed by atoms with Crippen LogP contribution < -0.4 is 0 Å². The second-order valence-corrected chi connectivity index (χ2v) is 3.66. The van der Waals surface area contributed by atoms with E-state index in [2.05, 4.69) is 20.4 Å². The first-order valence-corrected chi connectivity index (χ1v) is 4.88. The van der Waals surface area contributed by atoms with Crippen LogP contribution in [0.2, 0.25) is 0 Å². The Balaban J connectivity index is 4.75. The van der Waals surface area contributed by atoms with Crippen molar-refractivity contribution in [2.75, 3.05) is 0 Å². The fourth-order valence-electron chi connectivity index (χ4n) is 1.06. The number of allylic oxidation sites excluding steroid dienone is 6. The van der Waals surface area contributed by atoms with Crippen molar-refractivity contribution in [3.05, 3.63) is 47.8 Å². The summed E-state index contributed by atoms with van der Waals surface area (Å²) in [7, 11) is 0. The fourth-order valence-corrected chi connectivity index (χ4v) is 1.06. The number of hydrogen-bond donors (Lipinski definition) is 1. The molecule has 0 aromatic rings. The van der Waals surface area contributed by atoms with Gasteiger partial charge in [-0.1, -0.05) is 44.2 Å². The molecule has 1 N–H and O–H groups in total. The van der Waals surface area contributed by atoms with Crippen molar-refractivity contribution >= 4 is 0 Å². The van der Waals surface area contributed by atoms with Gasteiger partial charge in [0, 0.05) is 0 Å². The van der Waals surface area contributed by atoms with Gasteiger partial charge in [-0.05, 0) is 31.4 Å². The standard InChI is InChI=1S/C13H20O/c1-6-13(14)12(11(4)5)9-7-8-10(2)3/h6-9,11,14H,2H2,1,3-5H3/b8-7-,12-9+,13-6+. The molecule has 0 radical (unpaired) electrons. The van der Waals surface area contributed by atoms with E-state index in [0.29, 0.717) is 11.7 Å². The van der Waals surface area contributed by atoms with Crippen molar-refractivity contribution in [1.82, 2.24) is 0 Å². The summed E-state index contributed by atoms with van der Waals surface area (Å²) in [5.41, 5.74) is 1.95. The zero-order valence-electron chi connectivity index (χ0n) is 9.54. The maximum Gasteiger partial charge on any atom is 0.114 e. The predicted octanol–water partition coefficient (Wildman–Crippen LogP) is 4.16. The molecule has 0 saturated heterocycles. The van der Waals surface area contributed by atoms with Crippen LogP contribution >= 0.6 is 0 Å². The normalized spacial score (nSPS) is 14.1. The summed E-state index contributed by atoms with van der Waals surface area (Å²) in [5, 5.41) is 9.59. The van der Waals surface area contributed by atoms with E-state index in [1.54, 1.807) is 6.08 Å². The van der Waals surface area contributed by atoms with Crippen molar-refractivity contribution in [3.63, 3.8) is 0 Å². The minimum atomic E-state index is 0.320. The van der Waals surface area contributed by atoms with Crippen LogP contribution in [0.25, 0.3) is 0 Å². The van der Waals surface area contributed by atoms with E-state index in [9.17, 15) is 5.11 Å². The predicted molar refractivity (Wildman–Crippen MR) is 63.3 cm³/mol. The summed E-state index contributed by atoms with van der Waals surface area (Å²) in [6.07, 6.45) is 7.47. The molecule has 0 spiro atoms. The highest BCUT2D eigenvalue weighted by atomic mass is 16.3. The molecule has 1 nitrogen and oxygen atoms in total. The number of rotatable bonds is 4. The van der Waals surface area contributed by atoms with Crippen LogP contribution in [0.3, 0.4) is 0 Å². The van der Waals surface area contributed by atoms with Crippen molar-refractivity contribution in [2.24, 2.45) is 5.92 Å². The average Bonchev–Trinajstić information content (AvgIpc) is 2.10. The van der Waals surface area contributed by atoms with Crippen LogP contribution in [0.5, 0.6) is 0 Å². The molecule has 0 saturated carbocycles. The molecule has 0 aromatic carbocycles. The molecule has 0 aliphatic rings. The second-order valence-electron chi connectivity index (χ2n) is 3.66. The van der Waals surface area contributed by atoms with Gasteiger partial charge in [-0.2, -0.15) is 0 Å². The Bertz CT molecular complexity index is 278. The summed E-state index contributed by atoms with van der Waals surface area (Å²) in [6.45, 7) is 11.6. The van der Waals surface area contributed by atoms with Gasteiger partial charge >= 0.3 is 0 Å². The van der Waals surface area contributed by atoms with E-state index in [1.165, 1.54) is 0 Å². The molecule has 78 valence electrons. The van der Waals surface area contributed by atoms with Gasteiger partial charge in [0.05, 0.1) is 0 Å². The first kappa shape index (κ1) is 12.8. The van der Waals surface area contributed by atoms with Gasteiger partial charge in [0.25, 0.3) is 0 Å². The summed E-state index contributed by atoms with van der Waals surface area (Å²) < 4.78 is 0. The third-order valence-corrected chi connectivity index (χ3v) is 1.85. The Morgan fingerprint density at radius 3 is 2.29 bits per heavy atom. The molecule has 1 heteroatoms. The molecule has 0 bridgehead atoms. The van der Waals surface area contributed by atoms with E-state index >= 15 is 0 Å². The van der Waals surface area contributed by atoms with E-state index in [0.717, 1.165) is 11.1 Å². The third-order valence-electron chi connectivity index (χ3n) is 1.85. The van der Waals surface area contributed by atoms with Gasteiger partial charge in [-0.15, -0.1) is 0 Å². The van der Waals surface area contributed by atoms with Gasteiger partial charge in [0.2, 0.25) is 0 Å². The minimum Gasteiger partial charge on any atom is -0.508 e. The lowest BCUT2D eigenvalue weighted by Gasteiger charge is -2.08. The fraction of sp³-hybridized carbons (Fsp3) is 0.385. The quantitative estimate of drug-likeness (QED) is 0.523. The van der Waals surface area contributed by atoms with Gasteiger partial charge in [-0.25, -0.2) is 0 Å². The summed E-state index contributed by atoms with van der Waals surface area (Å²) in [5.74, 6) is 0.673. The molecule has 0 heterocycles. The highest BCUT2D eigenvalue weighted by molar-refractivity contribution is 5.31. The highest BCUT2D eigenvalue weighted by Crippen LogP contribution is 2.17. The highest BCUT2D eigenvalue weighted by Gasteiger charge is 2.05. The molecular weight excluding hydrogens is 172 g/mol. The smallest absolute Gasteiger partial charge is 0.114 e. The van der Waals surface area contributed by atoms with E-state index in [-0.39, 0.29) is 0 Å². The lowest BCUT2D eigenvalue weighted by Crippen LogP contribution is -1.97. The van der Waals surface area contributed by atoms with Gasteiger partial charge in [0.15, 0.2) is 0 Å². The maximum atomic E-state index is 9.59. The summed E-state index contributed by atoms with van der Waals surface area (Å²) in [4.78, 5) is 0. The molecule has 0 unspecified atom stereocenters. The van der Waals surface area contributed by atoms with Crippen LogP contribution in [0.1, 0.15) is 27.7 Å². The van der Waals surface area contributed by atoms with Crippen molar-refractivity contribution in [1.29, 1.82) is 0 Å². The SMILES string of the molecule is C=C(C)\C=C/C=C(/C(O)=C\C)C(C)C. The summed E-state index contributed by atoms with van der Waals surface area (Å²) >= 11 is 0. The van der Waals surface area contributed by atoms with Crippen LogP contribution in [0.15, 0.2) is 47.8 Å². The Morgan fingerprint density at radius 2 is 1.93 bits per heavy atom. The first-order valence-electron chi connectivity index (χ1n) is 4.88. The molecule has 0 fully saturated rings. The molecule has 0 amide bonds. The Kier molecular flexibility index (Phi) is 5.70. The Hall–Kier alpha value is -1.24. The van der Waals surface area contributed by atoms with Crippen molar-refractivity contribution in [3.8, 4) is 0 Å². The van der Waals surface area contributed by atoms with Gasteiger partial charge in [-0.3, -0.25) is 0 Å². The zero-order chi connectivity index (χ0) is 11.1. The largest absolute Gasteiger partial charge is 0.508 e. The molecule has 0 aliphatic heterocycles. The van der Waals surface area contributed by atoms with E-state index < -0.39 is 0 Å². The molecule has 0 atom stereocenters. The molecule has 0 rings (SSSR count). The minimum absolute atomic E-state index is 0.320. The van der Waals surface area contributed by atoms with Gasteiger partial charge in [0.1, 0.15) is 5.76 Å². The van der Waals surface area contributed by atoms with Crippen molar-refractivity contribution in [2.45, 2.75) is 27.7 Å². The van der Waals surface area contributed by atoms with Crippen LogP contribution in [-0.4, -0.2) is 5.11 Å². The monoisotopic (exact) mass is 192 g/mol. The Labute approximate surface area is 87.2 Å². The average molecular weight is 192 g/mol. The van der Waals surface area contributed by atoms with Crippen LogP contribution in [0.4, 0.5) is 0 Å². The first-order chi connectivity index (χ1) is 6.49. The maximum absolute atomic E-state index is 9.59. The second kappa shape index (κ2) is 6.25. The van der Waals surface area contributed by atoms with Crippen LogP contribution in [0, 0.1) is 5.92 Å². The Morgan fingerprint density at radius 1 is 1.36 bits per heavy atom. The molecular formula is C13H20O. The van der Waals surface area contributed by atoms with Crippen LogP contribution in [-0.2, 0) is 0 Å². The lowest BCUT2D eigenvalue weighted by atomic mass is 10.0. The number of aliphatic hydroxyl groups excluding tert-OH is 1. The molecule has 0 aliphatic carbocycles. The van der Waals surface area contributed by atoms with Crippen molar-refractivity contribution < 1.29 is 5.11 Å². The topological polar surface area (TPSA) is 20.2 Å². The van der Waals surface area contributed by atoms with E-state index in [1.807, 2.05) is 32.1 Å². The van der Waals surface area contributed by atoms with Gasteiger partial charge < -0.3 is 5.11 Å². The zero-order valence-corrected chi connectivity index (χ0v) is 9.54. The number of hydrogen-bond acceptors (Lipinski definition) is 1. The lowest BCUT2D eigenvalue weighted by molar-refractivity contribution is 0.409. The third kappa shape index (κ3) is 4.70. The van der Waals surface area contributed by atoms with E-state index in [4.69, 9.17) is 0 Å².